The van der Waals surface area contributed by atoms with Crippen LogP contribution in [0.3, 0.4) is 0 Å². The van der Waals surface area contributed by atoms with E-state index in [1.54, 1.807) is 24.1 Å². The number of rotatable bonds is 8. The zero-order valence-electron chi connectivity index (χ0n) is 60.3. The van der Waals surface area contributed by atoms with Crippen LogP contribution < -0.4 is 11.5 Å². The van der Waals surface area contributed by atoms with Crippen LogP contribution in [0.15, 0.2) is 234 Å². The molecule has 0 spiro atoms. The lowest BCUT2D eigenvalue weighted by molar-refractivity contribution is 0.737. The van der Waals surface area contributed by atoms with Gasteiger partial charge >= 0.3 is 0 Å². The van der Waals surface area contributed by atoms with Gasteiger partial charge in [-0.2, -0.15) is 12.6 Å². The van der Waals surface area contributed by atoms with E-state index in [4.69, 9.17) is 11.5 Å². The molecule has 0 saturated carbocycles. The summed E-state index contributed by atoms with van der Waals surface area (Å²) in [7, 11) is 0. The van der Waals surface area contributed by atoms with Gasteiger partial charge in [0.25, 0.3) is 0 Å². The van der Waals surface area contributed by atoms with E-state index in [-0.39, 0.29) is 0 Å². The lowest BCUT2D eigenvalue weighted by atomic mass is 10.0. The van der Waals surface area contributed by atoms with Gasteiger partial charge in [0.2, 0.25) is 0 Å². The first-order chi connectivity index (χ1) is 42.1. The number of aryl methyl sites for hydroxylation is 6. The normalized spacial score (nSPS) is 9.56. The van der Waals surface area contributed by atoms with Crippen molar-refractivity contribution in [2.75, 3.05) is 18.2 Å². The quantitative estimate of drug-likeness (QED) is 0.0456. The van der Waals surface area contributed by atoms with Crippen LogP contribution in [-0.4, -0.2) is 12.5 Å². The molecule has 0 aromatic heterocycles. The maximum Gasteiger partial charge on any atom is 0.0449 e. The molecule has 0 aliphatic carbocycles. The molecule has 490 valence electrons. The van der Waals surface area contributed by atoms with Crippen LogP contribution in [-0.2, 0) is 0 Å². The van der Waals surface area contributed by atoms with Gasteiger partial charge in [-0.05, 0) is 139 Å². The second-order valence-corrected chi connectivity index (χ2v) is 21.7. The lowest BCUT2D eigenvalue weighted by Gasteiger charge is -2.02. The molecule has 0 amide bonds. The van der Waals surface area contributed by atoms with Gasteiger partial charge in [-0.15, -0.1) is 50.2 Å². The van der Waals surface area contributed by atoms with Crippen molar-refractivity contribution in [1.82, 2.24) is 0 Å². The topological polar surface area (TPSA) is 52.0 Å². The van der Waals surface area contributed by atoms with Gasteiger partial charge in [-0.3, -0.25) is 0 Å². The molecule has 4 N–H and O–H groups in total. The average molecular weight is 1270 g/mol. The SMILES string of the molecule is C/C=C\C(N)=C(/C)SC.C=C.C=C/C(S)=C(/C)CCC.CC.CC.CC.CC(C)C.CCC.CCC.CS.Cc1ccc(-c2ccc(C)cc2)cc1.Cc1ccc(-c2ccc(C)cc2)cc1.Cc1ccc(-c2ccc(C)cc2)cc1.Nc1ccccc1S. The molecule has 0 aliphatic rings. The Balaban J connectivity index is -0.000000170. The number of thiol groups is 3. The van der Waals surface area contributed by atoms with Crippen LogP contribution >= 0.6 is 49.6 Å². The monoisotopic (exact) mass is 1270 g/mol. The fraction of sp³-hybridized carbons (Fsp3) is 0.366. The lowest BCUT2D eigenvalue weighted by Crippen LogP contribution is -1.94. The van der Waals surface area contributed by atoms with Crippen molar-refractivity contribution in [3.8, 4) is 33.4 Å². The van der Waals surface area contributed by atoms with E-state index in [1.807, 2.05) is 98.1 Å². The van der Waals surface area contributed by atoms with Crippen molar-refractivity contribution in [1.29, 1.82) is 0 Å². The van der Waals surface area contributed by atoms with Crippen molar-refractivity contribution in [2.24, 2.45) is 11.7 Å². The van der Waals surface area contributed by atoms with Gasteiger partial charge in [0.1, 0.15) is 0 Å². The third-order valence-electron chi connectivity index (χ3n) is 10.6. The molecule has 6 heteroatoms. The van der Waals surface area contributed by atoms with E-state index in [9.17, 15) is 0 Å². The Labute approximate surface area is 566 Å². The zero-order valence-corrected chi connectivity index (χ0v) is 63.8. The molecule has 0 unspecified atom stereocenters. The predicted molar refractivity (Wildman–Crippen MR) is 427 cm³/mol. The van der Waals surface area contributed by atoms with E-state index in [0.717, 1.165) is 33.5 Å². The summed E-state index contributed by atoms with van der Waals surface area (Å²) in [6.07, 6.45) is 14.2. The van der Waals surface area contributed by atoms with E-state index < -0.39 is 0 Å². The molecule has 0 saturated heterocycles. The van der Waals surface area contributed by atoms with E-state index >= 15 is 0 Å². The molecule has 0 bridgehead atoms. The summed E-state index contributed by atoms with van der Waals surface area (Å²) in [6, 6.07) is 59.2. The highest BCUT2D eigenvalue weighted by atomic mass is 32.2. The van der Waals surface area contributed by atoms with Crippen molar-refractivity contribution in [3.63, 3.8) is 0 Å². The Kier molecular flexibility index (Phi) is 74.9. The molecule has 7 aromatic rings. The third-order valence-corrected chi connectivity index (χ3v) is 12.4. The first-order valence-electron chi connectivity index (χ1n) is 31.6. The number of nitrogens with two attached hydrogens (primary N) is 2. The van der Waals surface area contributed by atoms with Gasteiger partial charge < -0.3 is 11.5 Å². The maximum atomic E-state index is 5.61. The fourth-order valence-corrected chi connectivity index (χ4v) is 6.63. The van der Waals surface area contributed by atoms with Crippen molar-refractivity contribution in [2.45, 2.75) is 190 Å². The minimum Gasteiger partial charge on any atom is -0.398 e. The van der Waals surface area contributed by atoms with Gasteiger partial charge in [0.05, 0.1) is 0 Å². The highest BCUT2D eigenvalue weighted by molar-refractivity contribution is 8.02. The maximum absolute atomic E-state index is 5.61. The van der Waals surface area contributed by atoms with Crippen LogP contribution in [0.25, 0.3) is 33.4 Å². The molecule has 0 aliphatic heterocycles. The summed E-state index contributed by atoms with van der Waals surface area (Å²) in [6.45, 7) is 57.5. The average Bonchev–Trinajstić information content (AvgIpc) is 3.48. The predicted octanol–water partition coefficient (Wildman–Crippen LogP) is 27.7. The highest BCUT2D eigenvalue weighted by Gasteiger charge is 1.98. The van der Waals surface area contributed by atoms with E-state index in [0.29, 0.717) is 0 Å². The Morgan fingerprint density at radius 2 is 0.705 bits per heavy atom. The molecular weight excluding hydrogens is 1140 g/mol. The third kappa shape index (κ3) is 55.5. The number of anilines is 1. The van der Waals surface area contributed by atoms with Gasteiger partial charge in [-0.1, -0.05) is 332 Å². The second kappa shape index (κ2) is 68.7. The van der Waals surface area contributed by atoms with Gasteiger partial charge in [-0.25, -0.2) is 0 Å². The molecule has 7 rings (SSSR count). The standard InChI is InChI=1S/3C14H14.C8H14S.C7H13NS.C6H7NS.C4H10.2C3H8.3C2H6.C2H4.CH4S/c3*1-11-3-7-13(8-4-11)14-9-5-12(2)6-10-14;1-4-6-7(3)8(9)5-2;1-4-5-7(8)6(2)9-3;7-5-3-1-2-4-6(5)8;1-4(2)3;2*1-3-2;5*1-2/h3*3-10H,1-2H3;5,9H,2,4,6H2,1,3H3;4-5H,8H2,1-3H3;1-4,8H,7H2;4H,1-3H3;2*3H2,1-2H3;3*1-2H3;1-2H2;2H,1H3/b;;;8-7+;5-4-,7-6-;;;;;;;;;. The molecule has 0 fully saturated rings. The van der Waals surface area contributed by atoms with Crippen molar-refractivity contribution in [3.05, 3.63) is 262 Å². The molecule has 7 aromatic carbocycles. The van der Waals surface area contributed by atoms with Crippen molar-refractivity contribution >= 4 is 55.3 Å². The number of allylic oxidation sites excluding steroid dienone is 5. The fourth-order valence-electron chi connectivity index (χ4n) is 6.06. The molecular formula is C82H128N2S4. The van der Waals surface area contributed by atoms with Crippen LogP contribution in [0, 0.1) is 47.5 Å². The molecule has 88 heavy (non-hydrogen) atoms. The summed E-state index contributed by atoms with van der Waals surface area (Å²) in [5.41, 5.74) is 29.5. The minimum absolute atomic E-state index is 0.732. The van der Waals surface area contributed by atoms with Crippen LogP contribution in [0.1, 0.15) is 177 Å². The summed E-state index contributed by atoms with van der Waals surface area (Å²) >= 11 is 13.5. The molecule has 2 nitrogen and oxygen atoms in total. The Bertz CT molecular complexity index is 2330. The number of hydrogen-bond donors (Lipinski definition) is 5. The first-order valence-corrected chi connectivity index (χ1v) is 34.6. The number of hydrogen-bond acceptors (Lipinski definition) is 6. The largest absolute Gasteiger partial charge is 0.398 e. The Morgan fingerprint density at radius 1 is 0.489 bits per heavy atom. The Hall–Kier alpha value is -5.76. The summed E-state index contributed by atoms with van der Waals surface area (Å²) in [4.78, 5) is 3.04. The van der Waals surface area contributed by atoms with Crippen LogP contribution in [0.4, 0.5) is 5.69 Å². The highest BCUT2D eigenvalue weighted by Crippen LogP contribution is 2.23. The molecule has 0 radical (unpaired) electrons. The Morgan fingerprint density at radius 3 is 0.852 bits per heavy atom. The second-order valence-electron chi connectivity index (χ2n) is 19.7. The molecule has 0 atom stereocenters. The van der Waals surface area contributed by atoms with Gasteiger partial charge in [0.15, 0.2) is 0 Å². The van der Waals surface area contributed by atoms with Gasteiger partial charge in [0, 0.05) is 26.1 Å². The van der Waals surface area contributed by atoms with Crippen LogP contribution in [0.2, 0.25) is 0 Å². The zero-order chi connectivity index (χ0) is 69.4. The number of thioether (sulfide) groups is 1. The van der Waals surface area contributed by atoms with Crippen LogP contribution in [0.5, 0.6) is 0 Å². The van der Waals surface area contributed by atoms with E-state index in [2.05, 4.69) is 307 Å². The van der Waals surface area contributed by atoms with E-state index in [1.165, 1.54) is 96.5 Å². The first kappa shape index (κ1) is 95.9. The number of benzene rings is 7. The summed E-state index contributed by atoms with van der Waals surface area (Å²) in [5.74, 6) is 0.833. The van der Waals surface area contributed by atoms with Crippen molar-refractivity contribution < 1.29 is 0 Å². The smallest absolute Gasteiger partial charge is 0.0449 e. The summed E-state index contributed by atoms with van der Waals surface area (Å²) in [5, 5.41) is 0. The molecule has 0 heterocycles. The summed E-state index contributed by atoms with van der Waals surface area (Å²) < 4.78 is 0. The number of nitrogen functional groups attached to an aromatic ring is 1. The number of para-hydroxylation sites is 1. The minimum atomic E-state index is 0.732.